The normalized spacial score (nSPS) is 20.4. The van der Waals surface area contributed by atoms with Gasteiger partial charge in [-0.3, -0.25) is 4.79 Å². The van der Waals surface area contributed by atoms with Gasteiger partial charge in [0.25, 0.3) is 5.91 Å². The molecule has 0 bridgehead atoms. The van der Waals surface area contributed by atoms with Crippen LogP contribution in [0.1, 0.15) is 17.3 Å². The summed E-state index contributed by atoms with van der Waals surface area (Å²) in [6, 6.07) is 3.73. The number of rotatable bonds is 2. The second-order valence-electron chi connectivity index (χ2n) is 4.89. The lowest BCUT2D eigenvalue weighted by Crippen LogP contribution is -2.52. The van der Waals surface area contributed by atoms with Gasteiger partial charge in [0.15, 0.2) is 0 Å². The first-order chi connectivity index (χ1) is 9.01. The number of amides is 1. The molecule has 1 aromatic rings. The highest BCUT2D eigenvalue weighted by atomic mass is 35.5. The molecule has 1 atom stereocenters. The average Bonchev–Trinajstić information content (AvgIpc) is 2.40. The number of nitrogens with zero attached hydrogens (tertiary/aromatic N) is 3. The van der Waals surface area contributed by atoms with Gasteiger partial charge in [-0.25, -0.2) is 4.98 Å². The third kappa shape index (κ3) is 3.16. The fraction of sp³-hybridized carbons (Fsp3) is 0.538. The maximum Gasteiger partial charge on any atom is 0.254 e. The third-order valence-corrected chi connectivity index (χ3v) is 3.74. The lowest BCUT2D eigenvalue weighted by Gasteiger charge is -2.37. The van der Waals surface area contributed by atoms with Crippen LogP contribution >= 0.6 is 11.6 Å². The number of aromatic nitrogens is 1. The molecule has 1 saturated heterocycles. The highest BCUT2D eigenvalue weighted by Crippen LogP contribution is 2.17. The van der Waals surface area contributed by atoms with Crippen LogP contribution in [0, 0.1) is 0 Å². The maximum absolute atomic E-state index is 12.5. The number of pyridine rings is 1. The Balaban J connectivity index is 2.17. The Morgan fingerprint density at radius 3 is 2.84 bits per heavy atom. The molecule has 2 heterocycles. The quantitative estimate of drug-likeness (QED) is 0.836. The zero-order valence-electron chi connectivity index (χ0n) is 11.5. The summed E-state index contributed by atoms with van der Waals surface area (Å²) >= 11 is 5.93. The molecule has 1 fully saturated rings. The number of anilines is 1. The Morgan fingerprint density at radius 2 is 2.21 bits per heavy atom. The number of carbonyl (C=O) groups is 1. The van der Waals surface area contributed by atoms with E-state index < -0.39 is 0 Å². The third-order valence-electron chi connectivity index (χ3n) is 3.54. The Kier molecular flexibility index (Phi) is 4.27. The molecular formula is C13H19ClN4O. The van der Waals surface area contributed by atoms with E-state index in [0.29, 0.717) is 22.6 Å². The molecule has 1 N–H and O–H groups in total. The lowest BCUT2D eigenvalue weighted by atomic mass is 10.1. The van der Waals surface area contributed by atoms with E-state index in [9.17, 15) is 4.79 Å². The van der Waals surface area contributed by atoms with Crippen LogP contribution < -0.4 is 5.32 Å². The van der Waals surface area contributed by atoms with E-state index in [0.717, 1.165) is 19.6 Å². The van der Waals surface area contributed by atoms with Crippen molar-refractivity contribution in [3.05, 3.63) is 22.8 Å². The molecule has 1 amide bonds. The van der Waals surface area contributed by atoms with Gasteiger partial charge in [-0.05, 0) is 26.1 Å². The van der Waals surface area contributed by atoms with Crippen molar-refractivity contribution >= 4 is 23.3 Å². The van der Waals surface area contributed by atoms with Crippen LogP contribution in [0.5, 0.6) is 0 Å². The van der Waals surface area contributed by atoms with Crippen molar-refractivity contribution in [1.82, 2.24) is 14.8 Å². The molecule has 6 heteroatoms. The molecule has 2 rings (SSSR count). The Morgan fingerprint density at radius 1 is 1.47 bits per heavy atom. The molecule has 0 radical (unpaired) electrons. The summed E-state index contributed by atoms with van der Waals surface area (Å²) < 4.78 is 0. The molecular weight excluding hydrogens is 264 g/mol. The molecule has 0 spiro atoms. The fourth-order valence-corrected chi connectivity index (χ4v) is 2.37. The first-order valence-electron chi connectivity index (χ1n) is 6.36. The number of piperazine rings is 1. The molecule has 1 aromatic heterocycles. The largest absolute Gasteiger partial charge is 0.373 e. The van der Waals surface area contributed by atoms with E-state index >= 15 is 0 Å². The van der Waals surface area contributed by atoms with Gasteiger partial charge >= 0.3 is 0 Å². The van der Waals surface area contributed by atoms with Crippen LogP contribution in [0.15, 0.2) is 12.1 Å². The number of carbonyl (C=O) groups excluding carboxylic acids is 1. The van der Waals surface area contributed by atoms with Crippen LogP contribution in [-0.4, -0.2) is 60.5 Å². The monoisotopic (exact) mass is 282 g/mol. The van der Waals surface area contributed by atoms with Crippen molar-refractivity contribution in [3.63, 3.8) is 0 Å². The molecule has 0 aliphatic carbocycles. The summed E-state index contributed by atoms with van der Waals surface area (Å²) in [6.45, 7) is 4.50. The van der Waals surface area contributed by atoms with Gasteiger partial charge in [-0.1, -0.05) is 11.6 Å². The first kappa shape index (κ1) is 14.1. The zero-order chi connectivity index (χ0) is 14.0. The van der Waals surface area contributed by atoms with Crippen molar-refractivity contribution in [2.24, 2.45) is 0 Å². The number of halogens is 1. The lowest BCUT2D eigenvalue weighted by molar-refractivity contribution is 0.0572. The van der Waals surface area contributed by atoms with Crippen LogP contribution in [0.2, 0.25) is 5.15 Å². The number of hydrogen-bond donors (Lipinski definition) is 1. The summed E-state index contributed by atoms with van der Waals surface area (Å²) in [5.41, 5.74) is 0.584. The van der Waals surface area contributed by atoms with Crippen molar-refractivity contribution in [2.45, 2.75) is 13.0 Å². The number of nitrogens with one attached hydrogen (secondary N) is 1. The van der Waals surface area contributed by atoms with Crippen molar-refractivity contribution in [2.75, 3.05) is 39.0 Å². The van der Waals surface area contributed by atoms with Crippen LogP contribution in [0.3, 0.4) is 0 Å². The Bertz CT molecular complexity index is 480. The number of likely N-dealkylation sites (N-methyl/N-ethyl adjacent to an activating group) is 1. The molecule has 0 aromatic carbocycles. The summed E-state index contributed by atoms with van der Waals surface area (Å²) in [4.78, 5) is 20.7. The van der Waals surface area contributed by atoms with E-state index in [1.54, 1.807) is 19.2 Å². The van der Waals surface area contributed by atoms with Gasteiger partial charge in [0.1, 0.15) is 11.0 Å². The SMILES string of the molecule is CNc1cc(C(=O)N2CCN(C)C(C)C2)cc(Cl)n1. The van der Waals surface area contributed by atoms with E-state index in [2.05, 4.69) is 29.2 Å². The topological polar surface area (TPSA) is 48.5 Å². The molecule has 1 unspecified atom stereocenters. The van der Waals surface area contributed by atoms with E-state index in [1.807, 2.05) is 4.90 Å². The molecule has 19 heavy (non-hydrogen) atoms. The minimum Gasteiger partial charge on any atom is -0.373 e. The smallest absolute Gasteiger partial charge is 0.254 e. The highest BCUT2D eigenvalue weighted by Gasteiger charge is 2.25. The van der Waals surface area contributed by atoms with Crippen molar-refractivity contribution in [3.8, 4) is 0 Å². The average molecular weight is 283 g/mol. The van der Waals surface area contributed by atoms with E-state index in [4.69, 9.17) is 11.6 Å². The van der Waals surface area contributed by atoms with Gasteiger partial charge in [0.05, 0.1) is 0 Å². The molecule has 0 saturated carbocycles. The predicted octanol–water partition coefficient (Wildman–Crippen LogP) is 1.55. The second-order valence-corrected chi connectivity index (χ2v) is 5.28. The zero-order valence-corrected chi connectivity index (χ0v) is 12.2. The molecule has 1 aliphatic heterocycles. The predicted molar refractivity (Wildman–Crippen MR) is 76.8 cm³/mol. The van der Waals surface area contributed by atoms with E-state index in [1.165, 1.54) is 0 Å². The Labute approximate surface area is 118 Å². The maximum atomic E-state index is 12.5. The second kappa shape index (κ2) is 5.75. The minimum absolute atomic E-state index is 0.0146. The van der Waals surface area contributed by atoms with E-state index in [-0.39, 0.29) is 5.91 Å². The van der Waals surface area contributed by atoms with Gasteiger partial charge in [-0.2, -0.15) is 0 Å². The number of hydrogen-bond acceptors (Lipinski definition) is 4. The van der Waals surface area contributed by atoms with Crippen LogP contribution in [0.4, 0.5) is 5.82 Å². The van der Waals surface area contributed by atoms with Crippen molar-refractivity contribution < 1.29 is 4.79 Å². The minimum atomic E-state index is 0.0146. The molecule has 104 valence electrons. The van der Waals surface area contributed by atoms with Crippen molar-refractivity contribution in [1.29, 1.82) is 0 Å². The van der Waals surface area contributed by atoms with Crippen LogP contribution in [0.25, 0.3) is 0 Å². The van der Waals surface area contributed by atoms with Gasteiger partial charge in [0.2, 0.25) is 0 Å². The Hall–Kier alpha value is -1.33. The summed E-state index contributed by atoms with van der Waals surface area (Å²) in [6.07, 6.45) is 0. The first-order valence-corrected chi connectivity index (χ1v) is 6.74. The summed E-state index contributed by atoms with van der Waals surface area (Å²) in [7, 11) is 3.83. The van der Waals surface area contributed by atoms with Gasteiger partial charge < -0.3 is 15.1 Å². The van der Waals surface area contributed by atoms with Gasteiger partial charge in [0, 0.05) is 38.3 Å². The van der Waals surface area contributed by atoms with Gasteiger partial charge in [-0.15, -0.1) is 0 Å². The fourth-order valence-electron chi connectivity index (χ4n) is 2.16. The summed E-state index contributed by atoms with van der Waals surface area (Å²) in [5, 5.41) is 3.24. The standard InChI is InChI=1S/C13H19ClN4O/c1-9-8-18(5-4-17(9)3)13(19)10-6-11(14)16-12(7-10)15-2/h6-7,9H,4-5,8H2,1-3H3,(H,15,16). The van der Waals surface area contributed by atoms with Crippen LogP contribution in [-0.2, 0) is 0 Å². The molecule has 5 nitrogen and oxygen atoms in total. The molecule has 1 aliphatic rings. The summed E-state index contributed by atoms with van der Waals surface area (Å²) in [5.74, 6) is 0.624. The highest BCUT2D eigenvalue weighted by molar-refractivity contribution is 6.29.